The summed E-state index contributed by atoms with van der Waals surface area (Å²) in [6.07, 6.45) is 5.96. The van der Waals surface area contributed by atoms with Crippen LogP contribution in [0, 0.1) is 11.8 Å². The monoisotopic (exact) mass is 317 g/mol. The van der Waals surface area contributed by atoms with Gasteiger partial charge >= 0.3 is 0 Å². The van der Waals surface area contributed by atoms with Crippen molar-refractivity contribution < 1.29 is 9.59 Å². The molecule has 0 bridgehead atoms. The fourth-order valence-corrected chi connectivity index (χ4v) is 3.01. The number of rotatable bonds is 6. The molecule has 1 heterocycles. The number of amides is 2. The van der Waals surface area contributed by atoms with Crippen LogP contribution in [-0.2, 0) is 9.59 Å². The maximum Gasteiger partial charge on any atom is 0.225 e. The summed E-state index contributed by atoms with van der Waals surface area (Å²) in [5.74, 6) is 1.01. The minimum atomic E-state index is -0.0132. The predicted octanol–water partition coefficient (Wildman–Crippen LogP) is 1.30. The lowest BCUT2D eigenvalue weighted by atomic mass is 9.97. The number of nitrogens with one attached hydrogen (secondary N) is 1. The Morgan fingerprint density at radius 2 is 2.00 bits per heavy atom. The Hall–Kier alpha value is -0.810. The number of hydrogen-bond acceptors (Lipinski definition) is 3. The zero-order valence-corrected chi connectivity index (χ0v) is 13.7. The second kappa shape index (κ2) is 8.59. The van der Waals surface area contributed by atoms with Crippen molar-refractivity contribution >= 4 is 24.2 Å². The van der Waals surface area contributed by atoms with Crippen LogP contribution in [0.15, 0.2) is 0 Å². The summed E-state index contributed by atoms with van der Waals surface area (Å²) in [7, 11) is 0. The molecule has 21 heavy (non-hydrogen) atoms. The molecule has 2 atom stereocenters. The van der Waals surface area contributed by atoms with Crippen molar-refractivity contribution in [3.8, 4) is 0 Å². The van der Waals surface area contributed by atoms with E-state index in [9.17, 15) is 9.59 Å². The SMILES string of the molecule is CC(C(=O)N1CCCCC1CNC(=O)CCN)C1CC1.Cl. The van der Waals surface area contributed by atoms with Gasteiger partial charge in [-0.05, 0) is 38.0 Å². The quantitative estimate of drug-likeness (QED) is 0.775. The highest BCUT2D eigenvalue weighted by Crippen LogP contribution is 2.38. The molecule has 0 aromatic carbocycles. The molecule has 2 aliphatic rings. The molecule has 0 aromatic heterocycles. The van der Waals surface area contributed by atoms with Gasteiger partial charge in [-0.25, -0.2) is 0 Å². The Kier molecular flexibility index (Phi) is 7.46. The van der Waals surface area contributed by atoms with Gasteiger partial charge in [0, 0.05) is 38.0 Å². The van der Waals surface area contributed by atoms with Crippen molar-refractivity contribution in [3.63, 3.8) is 0 Å². The number of halogens is 1. The van der Waals surface area contributed by atoms with E-state index in [1.165, 1.54) is 12.8 Å². The predicted molar refractivity (Wildman–Crippen MR) is 85.2 cm³/mol. The third-order valence-corrected chi connectivity index (χ3v) is 4.54. The molecule has 1 saturated heterocycles. The van der Waals surface area contributed by atoms with Gasteiger partial charge in [0.1, 0.15) is 0 Å². The van der Waals surface area contributed by atoms with Crippen molar-refractivity contribution in [2.75, 3.05) is 19.6 Å². The van der Waals surface area contributed by atoms with Gasteiger partial charge in [-0.1, -0.05) is 6.92 Å². The number of nitrogens with two attached hydrogens (primary N) is 1. The summed E-state index contributed by atoms with van der Waals surface area (Å²) < 4.78 is 0. The summed E-state index contributed by atoms with van der Waals surface area (Å²) >= 11 is 0. The average molecular weight is 318 g/mol. The van der Waals surface area contributed by atoms with Crippen molar-refractivity contribution in [3.05, 3.63) is 0 Å². The van der Waals surface area contributed by atoms with Crippen molar-refractivity contribution in [1.29, 1.82) is 0 Å². The van der Waals surface area contributed by atoms with Crippen LogP contribution >= 0.6 is 12.4 Å². The van der Waals surface area contributed by atoms with Crippen LogP contribution in [0.3, 0.4) is 0 Å². The molecule has 3 N–H and O–H groups in total. The van der Waals surface area contributed by atoms with E-state index in [-0.39, 0.29) is 36.2 Å². The molecule has 2 amide bonds. The van der Waals surface area contributed by atoms with Crippen LogP contribution in [0.4, 0.5) is 0 Å². The van der Waals surface area contributed by atoms with E-state index in [1.54, 1.807) is 0 Å². The van der Waals surface area contributed by atoms with Gasteiger partial charge < -0.3 is 16.0 Å². The van der Waals surface area contributed by atoms with Gasteiger partial charge in [0.2, 0.25) is 11.8 Å². The molecule has 5 nitrogen and oxygen atoms in total. The summed E-state index contributed by atoms with van der Waals surface area (Å²) in [5.41, 5.74) is 5.37. The topological polar surface area (TPSA) is 75.4 Å². The Morgan fingerprint density at radius 3 is 2.62 bits per heavy atom. The average Bonchev–Trinajstić information content (AvgIpc) is 3.29. The van der Waals surface area contributed by atoms with E-state index in [1.807, 2.05) is 4.90 Å². The third-order valence-electron chi connectivity index (χ3n) is 4.54. The first kappa shape index (κ1) is 18.2. The molecular formula is C15H28ClN3O2. The van der Waals surface area contributed by atoms with Crippen LogP contribution in [0.5, 0.6) is 0 Å². The van der Waals surface area contributed by atoms with Crippen molar-refractivity contribution in [2.45, 2.75) is 51.5 Å². The third kappa shape index (κ3) is 5.15. The number of piperidine rings is 1. The number of carbonyl (C=O) groups excluding carboxylic acids is 2. The number of nitrogens with zero attached hydrogens (tertiary/aromatic N) is 1. The fraction of sp³-hybridized carbons (Fsp3) is 0.867. The van der Waals surface area contributed by atoms with E-state index in [0.717, 1.165) is 25.8 Å². The lowest BCUT2D eigenvalue weighted by molar-refractivity contribution is -0.139. The molecule has 6 heteroatoms. The number of carbonyl (C=O) groups is 2. The first-order chi connectivity index (χ1) is 9.63. The van der Waals surface area contributed by atoms with Crippen LogP contribution in [0.2, 0.25) is 0 Å². The first-order valence-electron chi connectivity index (χ1n) is 7.90. The van der Waals surface area contributed by atoms with Crippen LogP contribution in [-0.4, -0.2) is 42.4 Å². The molecule has 1 aliphatic heterocycles. The highest BCUT2D eigenvalue weighted by atomic mass is 35.5. The normalized spacial score (nSPS) is 23.1. The van der Waals surface area contributed by atoms with E-state index < -0.39 is 0 Å². The molecule has 122 valence electrons. The zero-order valence-electron chi connectivity index (χ0n) is 12.8. The molecule has 0 aromatic rings. The first-order valence-corrected chi connectivity index (χ1v) is 7.90. The minimum absolute atomic E-state index is 0. The zero-order chi connectivity index (χ0) is 14.5. The van der Waals surface area contributed by atoms with E-state index >= 15 is 0 Å². The Morgan fingerprint density at radius 1 is 1.29 bits per heavy atom. The maximum atomic E-state index is 12.6. The molecule has 2 rings (SSSR count). The summed E-state index contributed by atoms with van der Waals surface area (Å²) in [6, 6.07) is 0.166. The molecule has 0 spiro atoms. The Balaban J connectivity index is 0.00000220. The van der Waals surface area contributed by atoms with Crippen LogP contribution < -0.4 is 11.1 Å². The smallest absolute Gasteiger partial charge is 0.225 e. The van der Waals surface area contributed by atoms with Gasteiger partial charge in [-0.2, -0.15) is 0 Å². The molecule has 0 radical (unpaired) electrons. The van der Waals surface area contributed by atoms with Gasteiger partial charge in [-0.15, -0.1) is 12.4 Å². The summed E-state index contributed by atoms with van der Waals surface area (Å²) in [4.78, 5) is 26.1. The Labute approximate surface area is 133 Å². The van der Waals surface area contributed by atoms with E-state index in [2.05, 4.69) is 12.2 Å². The van der Waals surface area contributed by atoms with Gasteiger partial charge in [0.05, 0.1) is 0 Å². The molecule has 1 aliphatic carbocycles. The Bertz CT molecular complexity index is 361. The van der Waals surface area contributed by atoms with Crippen LogP contribution in [0.25, 0.3) is 0 Å². The highest BCUT2D eigenvalue weighted by Gasteiger charge is 2.37. The minimum Gasteiger partial charge on any atom is -0.354 e. The van der Waals surface area contributed by atoms with E-state index in [4.69, 9.17) is 5.73 Å². The van der Waals surface area contributed by atoms with E-state index in [0.29, 0.717) is 25.4 Å². The number of hydrogen-bond donors (Lipinski definition) is 2. The lowest BCUT2D eigenvalue weighted by Gasteiger charge is -2.37. The molecular weight excluding hydrogens is 290 g/mol. The van der Waals surface area contributed by atoms with Gasteiger partial charge in [0.25, 0.3) is 0 Å². The maximum absolute atomic E-state index is 12.6. The number of likely N-dealkylation sites (tertiary alicyclic amines) is 1. The van der Waals surface area contributed by atoms with Gasteiger partial charge in [0.15, 0.2) is 0 Å². The fourth-order valence-electron chi connectivity index (χ4n) is 3.01. The second-order valence-electron chi connectivity index (χ2n) is 6.15. The molecule has 1 saturated carbocycles. The standard InChI is InChI=1S/C15H27N3O2.ClH/c1-11(12-5-6-12)15(20)18-9-3-2-4-13(18)10-17-14(19)7-8-16;/h11-13H,2-10,16H2,1H3,(H,17,19);1H. The largest absolute Gasteiger partial charge is 0.354 e. The summed E-state index contributed by atoms with van der Waals surface area (Å²) in [6.45, 7) is 3.84. The summed E-state index contributed by atoms with van der Waals surface area (Å²) in [5, 5.41) is 2.91. The van der Waals surface area contributed by atoms with Crippen molar-refractivity contribution in [2.24, 2.45) is 17.6 Å². The second-order valence-corrected chi connectivity index (χ2v) is 6.15. The van der Waals surface area contributed by atoms with Gasteiger partial charge in [-0.3, -0.25) is 9.59 Å². The molecule has 2 fully saturated rings. The van der Waals surface area contributed by atoms with Crippen LogP contribution in [0.1, 0.15) is 45.4 Å². The molecule has 2 unspecified atom stereocenters. The van der Waals surface area contributed by atoms with Crippen molar-refractivity contribution in [1.82, 2.24) is 10.2 Å². The lowest BCUT2D eigenvalue weighted by Crippen LogP contribution is -2.51. The highest BCUT2D eigenvalue weighted by molar-refractivity contribution is 5.85.